The molecule has 3 aromatic rings. The number of sulfonamides is 1. The van der Waals surface area contributed by atoms with Crippen LogP contribution in [0.3, 0.4) is 0 Å². The molecular weight excluding hydrogens is 578 g/mol. The number of methoxy groups -OCH3 is 1. The lowest BCUT2D eigenvalue weighted by Crippen LogP contribution is -2.49. The zero-order valence-corrected chi connectivity index (χ0v) is 23.8. The first-order valence-corrected chi connectivity index (χ1v) is 15.2. The van der Waals surface area contributed by atoms with Crippen molar-refractivity contribution in [2.45, 2.75) is 42.9 Å². The Balaban J connectivity index is 1.44. The van der Waals surface area contributed by atoms with Crippen LogP contribution < -0.4 is 10.2 Å². The number of ether oxygens (including phenoxy) is 1. The standard InChI is InChI=1S/C26H28BrN3O5S2/c1-16-19(27)15-23(36-16)37(33,34)30-13-4-3-9-22(30)25(31)28-20-10-11-21-24-17(20)7-5-8-18(24)26(32)29(21)12-6-14-35-2/h5,7-8,10-11,15,22H,3-4,6,9,12-14H2,1-2H3,(H,28,31). The molecule has 2 aromatic carbocycles. The van der Waals surface area contributed by atoms with E-state index in [1.165, 1.54) is 15.6 Å². The van der Waals surface area contributed by atoms with Crippen LogP contribution in [-0.4, -0.2) is 57.4 Å². The maximum atomic E-state index is 13.5. The Morgan fingerprint density at radius 1 is 1.24 bits per heavy atom. The zero-order chi connectivity index (χ0) is 26.3. The number of anilines is 2. The number of piperidine rings is 1. The molecule has 0 spiro atoms. The number of hydrogen-bond donors (Lipinski definition) is 1. The number of aryl methyl sites for hydroxylation is 1. The number of thiophene rings is 1. The smallest absolute Gasteiger partial charge is 0.258 e. The van der Waals surface area contributed by atoms with Crippen LogP contribution in [0.5, 0.6) is 0 Å². The summed E-state index contributed by atoms with van der Waals surface area (Å²) >= 11 is 4.60. The minimum atomic E-state index is -3.82. The predicted octanol–water partition coefficient (Wildman–Crippen LogP) is 5.15. The number of amides is 2. The van der Waals surface area contributed by atoms with Crippen molar-refractivity contribution in [3.05, 3.63) is 51.3 Å². The van der Waals surface area contributed by atoms with E-state index < -0.39 is 16.1 Å². The summed E-state index contributed by atoms with van der Waals surface area (Å²) in [5.41, 5.74) is 1.97. The lowest BCUT2D eigenvalue weighted by molar-refractivity contribution is -0.120. The average molecular weight is 607 g/mol. The van der Waals surface area contributed by atoms with Gasteiger partial charge in [0.1, 0.15) is 10.3 Å². The summed E-state index contributed by atoms with van der Waals surface area (Å²) < 4.78 is 34.4. The van der Waals surface area contributed by atoms with E-state index in [0.29, 0.717) is 50.2 Å². The molecule has 11 heteroatoms. The SMILES string of the molecule is COCCCN1C(=O)c2cccc3c(NC(=O)C4CCCCN4S(=O)(=O)c4cc(Br)c(C)s4)ccc1c23. The third-order valence-corrected chi connectivity index (χ3v) is 11.4. The van der Waals surface area contributed by atoms with Crippen LogP contribution >= 0.6 is 27.3 Å². The van der Waals surface area contributed by atoms with Crippen LogP contribution in [-0.2, 0) is 19.6 Å². The van der Waals surface area contributed by atoms with Gasteiger partial charge in [0.25, 0.3) is 15.9 Å². The molecular formula is C26H28BrN3O5S2. The van der Waals surface area contributed by atoms with Gasteiger partial charge in [-0.3, -0.25) is 9.59 Å². The fourth-order valence-electron chi connectivity index (χ4n) is 5.09. The lowest BCUT2D eigenvalue weighted by atomic mass is 10.0. The van der Waals surface area contributed by atoms with Gasteiger partial charge in [-0.05, 0) is 66.4 Å². The molecule has 1 atom stereocenters. The molecule has 2 aliphatic heterocycles. The van der Waals surface area contributed by atoms with E-state index in [1.54, 1.807) is 30.2 Å². The molecule has 3 heterocycles. The number of carbonyl (C=O) groups is 2. The van der Waals surface area contributed by atoms with Gasteiger partial charge in [-0.15, -0.1) is 11.3 Å². The summed E-state index contributed by atoms with van der Waals surface area (Å²) in [4.78, 5) is 29.3. The van der Waals surface area contributed by atoms with Crippen molar-refractivity contribution in [2.24, 2.45) is 0 Å². The molecule has 1 unspecified atom stereocenters. The van der Waals surface area contributed by atoms with Gasteiger partial charge in [0.2, 0.25) is 5.91 Å². The molecule has 2 amide bonds. The van der Waals surface area contributed by atoms with Crippen LogP contribution in [0.1, 0.15) is 40.9 Å². The minimum absolute atomic E-state index is 0.0675. The third kappa shape index (κ3) is 4.72. The second-order valence-corrected chi connectivity index (χ2v) is 13.5. The molecule has 1 N–H and O–H groups in total. The molecule has 37 heavy (non-hydrogen) atoms. The molecule has 0 aliphatic carbocycles. The van der Waals surface area contributed by atoms with Crippen molar-refractivity contribution in [2.75, 3.05) is 37.0 Å². The van der Waals surface area contributed by atoms with Gasteiger partial charge in [-0.25, -0.2) is 8.42 Å². The Labute approximate surface area is 228 Å². The van der Waals surface area contributed by atoms with E-state index in [4.69, 9.17) is 4.74 Å². The molecule has 5 rings (SSSR count). The molecule has 1 aromatic heterocycles. The number of rotatable bonds is 8. The van der Waals surface area contributed by atoms with Gasteiger partial charge in [-0.2, -0.15) is 4.31 Å². The predicted molar refractivity (Wildman–Crippen MR) is 149 cm³/mol. The van der Waals surface area contributed by atoms with E-state index >= 15 is 0 Å². The monoisotopic (exact) mass is 605 g/mol. The number of benzene rings is 2. The first-order valence-electron chi connectivity index (χ1n) is 12.2. The van der Waals surface area contributed by atoms with Crippen LogP contribution in [0.15, 0.2) is 45.1 Å². The molecule has 0 saturated carbocycles. The summed E-state index contributed by atoms with van der Waals surface area (Å²) in [7, 11) is -2.19. The normalized spacial score (nSPS) is 18.1. The first-order chi connectivity index (χ1) is 17.7. The van der Waals surface area contributed by atoms with Crippen molar-refractivity contribution in [1.29, 1.82) is 0 Å². The minimum Gasteiger partial charge on any atom is -0.385 e. The van der Waals surface area contributed by atoms with Gasteiger partial charge in [0.15, 0.2) is 0 Å². The summed E-state index contributed by atoms with van der Waals surface area (Å²) in [5.74, 6) is -0.431. The highest BCUT2D eigenvalue weighted by atomic mass is 79.9. The van der Waals surface area contributed by atoms with E-state index in [0.717, 1.165) is 32.2 Å². The van der Waals surface area contributed by atoms with Gasteiger partial charge in [0, 0.05) is 58.2 Å². The fraction of sp³-hybridized carbons (Fsp3) is 0.385. The quantitative estimate of drug-likeness (QED) is 0.358. The summed E-state index contributed by atoms with van der Waals surface area (Å²) in [6.07, 6.45) is 2.63. The largest absolute Gasteiger partial charge is 0.385 e. The highest BCUT2D eigenvalue weighted by molar-refractivity contribution is 9.10. The molecule has 196 valence electrons. The maximum absolute atomic E-state index is 13.5. The van der Waals surface area contributed by atoms with E-state index in [-0.39, 0.29) is 16.0 Å². The van der Waals surface area contributed by atoms with Crippen molar-refractivity contribution < 1.29 is 22.7 Å². The van der Waals surface area contributed by atoms with Gasteiger partial charge in [-0.1, -0.05) is 18.6 Å². The Bertz CT molecular complexity index is 1470. The number of nitrogens with one attached hydrogen (secondary N) is 1. The number of nitrogens with zero attached hydrogens (tertiary/aromatic N) is 2. The molecule has 0 radical (unpaired) electrons. The Morgan fingerprint density at radius 2 is 2.05 bits per heavy atom. The molecule has 1 fully saturated rings. The van der Waals surface area contributed by atoms with Crippen LogP contribution in [0, 0.1) is 6.92 Å². The first kappa shape index (κ1) is 26.3. The molecule has 0 bridgehead atoms. The van der Waals surface area contributed by atoms with E-state index in [2.05, 4.69) is 21.2 Å². The highest BCUT2D eigenvalue weighted by Gasteiger charge is 2.39. The van der Waals surface area contributed by atoms with Crippen molar-refractivity contribution in [1.82, 2.24) is 4.31 Å². The van der Waals surface area contributed by atoms with Gasteiger partial charge >= 0.3 is 0 Å². The summed E-state index contributed by atoms with van der Waals surface area (Å²) in [5, 5.41) is 4.55. The van der Waals surface area contributed by atoms with Gasteiger partial charge in [0.05, 0.1) is 5.69 Å². The van der Waals surface area contributed by atoms with Crippen molar-refractivity contribution in [3.8, 4) is 0 Å². The van der Waals surface area contributed by atoms with Crippen LogP contribution in [0.4, 0.5) is 11.4 Å². The topological polar surface area (TPSA) is 96.0 Å². The fourth-order valence-corrected chi connectivity index (χ4v) is 8.99. The zero-order valence-electron chi connectivity index (χ0n) is 20.6. The lowest BCUT2D eigenvalue weighted by Gasteiger charge is -2.33. The maximum Gasteiger partial charge on any atom is 0.258 e. The van der Waals surface area contributed by atoms with E-state index in [9.17, 15) is 18.0 Å². The average Bonchev–Trinajstić information content (AvgIpc) is 3.38. The molecule has 8 nitrogen and oxygen atoms in total. The van der Waals surface area contributed by atoms with Gasteiger partial charge < -0.3 is 15.0 Å². The second kappa shape index (κ2) is 10.5. The molecule has 2 aliphatic rings. The van der Waals surface area contributed by atoms with Crippen LogP contribution in [0.25, 0.3) is 10.8 Å². The Hall–Kier alpha value is -2.31. The number of carbonyl (C=O) groups excluding carboxylic acids is 2. The molecule has 1 saturated heterocycles. The Kier molecular flexibility index (Phi) is 7.43. The van der Waals surface area contributed by atoms with Crippen molar-refractivity contribution >= 4 is 71.3 Å². The second-order valence-electron chi connectivity index (χ2n) is 9.25. The number of hydrogen-bond acceptors (Lipinski definition) is 6. The Morgan fingerprint density at radius 3 is 2.78 bits per heavy atom. The highest BCUT2D eigenvalue weighted by Crippen LogP contribution is 2.41. The summed E-state index contributed by atoms with van der Waals surface area (Å²) in [6, 6.07) is 9.93. The van der Waals surface area contributed by atoms with Crippen molar-refractivity contribution in [3.63, 3.8) is 0 Å². The third-order valence-electron chi connectivity index (χ3n) is 6.93. The number of halogens is 1. The van der Waals surface area contributed by atoms with Crippen LogP contribution in [0.2, 0.25) is 0 Å². The summed E-state index contributed by atoms with van der Waals surface area (Å²) in [6.45, 7) is 3.24. The van der Waals surface area contributed by atoms with E-state index in [1.807, 2.05) is 25.1 Å².